The zero-order valence-electron chi connectivity index (χ0n) is 6.78. The Kier molecular flexibility index (Phi) is 2.06. The smallest absolute Gasteiger partial charge is 0.357 e. The molecule has 0 aliphatic heterocycles. The Bertz CT molecular complexity index is 521. The largest absolute Gasteiger partial charge is 0.508 e. The summed E-state index contributed by atoms with van der Waals surface area (Å²) in [5.41, 5.74) is 0.496. The molecule has 14 heavy (non-hydrogen) atoms. The molecule has 0 spiro atoms. The first-order valence-corrected chi connectivity index (χ1v) is 4.77. The van der Waals surface area contributed by atoms with Gasteiger partial charge in [0.05, 0.1) is 5.52 Å². The fourth-order valence-corrected chi connectivity index (χ4v) is 2.11. The maximum Gasteiger partial charge on any atom is 0.357 e. The lowest BCUT2D eigenvalue weighted by Gasteiger charge is -1.96. The molecule has 0 saturated heterocycles. The van der Waals surface area contributed by atoms with Crippen LogP contribution in [-0.2, 0) is 0 Å². The third-order valence-corrected chi connectivity index (χ3v) is 2.65. The van der Waals surface area contributed by atoms with Gasteiger partial charge < -0.3 is 10.2 Å². The predicted molar refractivity (Wildman–Crippen MR) is 57.4 cm³/mol. The summed E-state index contributed by atoms with van der Waals surface area (Å²) in [6.45, 7) is 0. The van der Waals surface area contributed by atoms with Crippen LogP contribution in [0.2, 0.25) is 0 Å². The summed E-state index contributed by atoms with van der Waals surface area (Å²) < 4.78 is 0.656. The highest BCUT2D eigenvalue weighted by Crippen LogP contribution is 2.26. The summed E-state index contributed by atoms with van der Waals surface area (Å²) in [6.07, 6.45) is 0. The van der Waals surface area contributed by atoms with Gasteiger partial charge in [0.15, 0.2) is 5.69 Å². The number of H-pyrrole nitrogens is 1. The highest BCUT2D eigenvalue weighted by atomic mass is 127. The van der Waals surface area contributed by atoms with E-state index in [2.05, 4.69) is 10.2 Å². The standard InChI is InChI=1S/C8H5IN2O3/c9-4-1-3(12)2-5-6(4)7(8(13)14)11-10-5/h1-2,12H,(H,10,11)(H,13,14). The summed E-state index contributed by atoms with van der Waals surface area (Å²) >= 11 is 1.96. The molecule has 0 aliphatic rings. The molecular weight excluding hydrogens is 299 g/mol. The van der Waals surface area contributed by atoms with Crippen LogP contribution in [-0.4, -0.2) is 26.4 Å². The summed E-state index contributed by atoms with van der Waals surface area (Å²) in [7, 11) is 0. The number of aromatic amines is 1. The van der Waals surface area contributed by atoms with Gasteiger partial charge in [-0.15, -0.1) is 0 Å². The van der Waals surface area contributed by atoms with E-state index in [4.69, 9.17) is 5.11 Å². The Hall–Kier alpha value is -1.31. The molecule has 0 amide bonds. The number of hydrogen-bond donors (Lipinski definition) is 3. The van der Waals surface area contributed by atoms with Crippen molar-refractivity contribution in [2.75, 3.05) is 0 Å². The number of carboxylic acids is 1. The Morgan fingerprint density at radius 3 is 2.86 bits per heavy atom. The van der Waals surface area contributed by atoms with Crippen molar-refractivity contribution < 1.29 is 15.0 Å². The molecule has 0 saturated carbocycles. The molecule has 0 aliphatic carbocycles. The van der Waals surface area contributed by atoms with Gasteiger partial charge in [-0.3, -0.25) is 5.10 Å². The van der Waals surface area contributed by atoms with Crippen molar-refractivity contribution in [3.63, 3.8) is 0 Å². The Morgan fingerprint density at radius 1 is 1.50 bits per heavy atom. The molecule has 1 heterocycles. The lowest BCUT2D eigenvalue weighted by Crippen LogP contribution is -1.97. The van der Waals surface area contributed by atoms with Crippen molar-refractivity contribution in [3.05, 3.63) is 21.4 Å². The fraction of sp³-hybridized carbons (Fsp3) is 0. The number of benzene rings is 1. The van der Waals surface area contributed by atoms with Gasteiger partial charge in [-0.2, -0.15) is 5.10 Å². The number of rotatable bonds is 1. The van der Waals surface area contributed by atoms with E-state index < -0.39 is 5.97 Å². The molecule has 0 atom stereocenters. The number of aromatic hydroxyl groups is 1. The molecule has 6 heteroatoms. The van der Waals surface area contributed by atoms with E-state index in [0.717, 1.165) is 0 Å². The summed E-state index contributed by atoms with van der Waals surface area (Å²) in [5, 5.41) is 24.8. The molecule has 3 N–H and O–H groups in total. The Labute approximate surface area is 91.9 Å². The van der Waals surface area contributed by atoms with Gasteiger partial charge in [0.1, 0.15) is 5.75 Å². The van der Waals surface area contributed by atoms with Gasteiger partial charge in [0.25, 0.3) is 0 Å². The monoisotopic (exact) mass is 304 g/mol. The van der Waals surface area contributed by atoms with Gasteiger partial charge in [-0.25, -0.2) is 4.79 Å². The zero-order chi connectivity index (χ0) is 10.3. The quantitative estimate of drug-likeness (QED) is 0.698. The van der Waals surface area contributed by atoms with E-state index in [1.807, 2.05) is 22.6 Å². The second-order valence-electron chi connectivity index (χ2n) is 2.73. The van der Waals surface area contributed by atoms with Crippen molar-refractivity contribution in [3.8, 4) is 5.75 Å². The molecule has 0 unspecified atom stereocenters. The lowest BCUT2D eigenvalue weighted by atomic mass is 10.2. The van der Waals surface area contributed by atoms with Crippen LogP contribution < -0.4 is 0 Å². The number of fused-ring (bicyclic) bond motifs is 1. The second-order valence-corrected chi connectivity index (χ2v) is 3.89. The van der Waals surface area contributed by atoms with Gasteiger partial charge in [-0.05, 0) is 28.7 Å². The molecule has 0 radical (unpaired) electrons. The first-order chi connectivity index (χ1) is 6.59. The number of nitrogens with one attached hydrogen (secondary N) is 1. The minimum absolute atomic E-state index is 0.0237. The van der Waals surface area contributed by atoms with Crippen molar-refractivity contribution in [1.29, 1.82) is 0 Å². The molecular formula is C8H5IN2O3. The number of aromatic nitrogens is 2. The van der Waals surface area contributed by atoms with Crippen LogP contribution in [0, 0.1) is 3.57 Å². The first kappa shape index (κ1) is 9.25. The molecule has 2 aromatic rings. The summed E-state index contributed by atoms with van der Waals surface area (Å²) in [6, 6.07) is 2.93. The van der Waals surface area contributed by atoms with E-state index in [1.54, 1.807) is 0 Å². The van der Waals surface area contributed by atoms with Gasteiger partial charge in [0, 0.05) is 15.0 Å². The second kappa shape index (κ2) is 3.12. The number of aromatic carboxylic acids is 1. The molecule has 72 valence electrons. The average molecular weight is 304 g/mol. The molecule has 2 rings (SSSR count). The number of phenolic OH excluding ortho intramolecular Hbond substituents is 1. The molecule has 0 bridgehead atoms. The molecule has 1 aromatic carbocycles. The fourth-order valence-electron chi connectivity index (χ4n) is 1.25. The SMILES string of the molecule is O=C(O)c1n[nH]c2cc(O)cc(I)c12. The van der Waals surface area contributed by atoms with Crippen LogP contribution in [0.3, 0.4) is 0 Å². The number of carboxylic acid groups (broad SMARTS) is 1. The lowest BCUT2D eigenvalue weighted by molar-refractivity contribution is 0.0692. The first-order valence-electron chi connectivity index (χ1n) is 3.69. The third kappa shape index (κ3) is 1.31. The topological polar surface area (TPSA) is 86.2 Å². The third-order valence-electron chi connectivity index (χ3n) is 1.80. The maximum atomic E-state index is 10.8. The van der Waals surface area contributed by atoms with Crippen molar-refractivity contribution >= 4 is 39.5 Å². The van der Waals surface area contributed by atoms with Gasteiger partial charge in [0.2, 0.25) is 0 Å². The van der Waals surface area contributed by atoms with Crippen LogP contribution in [0.1, 0.15) is 10.5 Å². The number of phenols is 1. The van der Waals surface area contributed by atoms with Crippen molar-refractivity contribution in [1.82, 2.24) is 10.2 Å². The molecule has 0 fully saturated rings. The van der Waals surface area contributed by atoms with E-state index in [1.165, 1.54) is 12.1 Å². The van der Waals surface area contributed by atoms with Crippen LogP contribution in [0.15, 0.2) is 12.1 Å². The van der Waals surface area contributed by atoms with Crippen molar-refractivity contribution in [2.45, 2.75) is 0 Å². The zero-order valence-corrected chi connectivity index (χ0v) is 8.94. The highest BCUT2D eigenvalue weighted by Gasteiger charge is 2.15. The van der Waals surface area contributed by atoms with Crippen LogP contribution in [0.4, 0.5) is 0 Å². The Morgan fingerprint density at radius 2 is 2.21 bits per heavy atom. The summed E-state index contributed by atoms with van der Waals surface area (Å²) in [5.74, 6) is -0.998. The normalized spacial score (nSPS) is 10.6. The van der Waals surface area contributed by atoms with Gasteiger partial charge in [-0.1, -0.05) is 0 Å². The van der Waals surface area contributed by atoms with Crippen LogP contribution in [0.25, 0.3) is 10.9 Å². The highest BCUT2D eigenvalue weighted by molar-refractivity contribution is 14.1. The average Bonchev–Trinajstić information content (AvgIpc) is 2.47. The van der Waals surface area contributed by atoms with Crippen LogP contribution in [0.5, 0.6) is 5.75 Å². The summed E-state index contributed by atoms with van der Waals surface area (Å²) in [4.78, 5) is 10.8. The van der Waals surface area contributed by atoms with E-state index in [-0.39, 0.29) is 11.4 Å². The van der Waals surface area contributed by atoms with E-state index >= 15 is 0 Å². The van der Waals surface area contributed by atoms with Crippen molar-refractivity contribution in [2.24, 2.45) is 0 Å². The molecule has 1 aromatic heterocycles. The molecule has 5 nitrogen and oxygen atoms in total. The predicted octanol–water partition coefficient (Wildman–Crippen LogP) is 1.57. The number of hydrogen-bond acceptors (Lipinski definition) is 3. The number of carbonyl (C=O) groups is 1. The maximum absolute atomic E-state index is 10.8. The van der Waals surface area contributed by atoms with Gasteiger partial charge >= 0.3 is 5.97 Å². The Balaban J connectivity index is 2.85. The minimum atomic E-state index is -1.08. The minimum Gasteiger partial charge on any atom is -0.508 e. The van der Waals surface area contributed by atoms with E-state index in [9.17, 15) is 9.90 Å². The van der Waals surface area contributed by atoms with E-state index in [0.29, 0.717) is 14.5 Å². The van der Waals surface area contributed by atoms with Crippen LogP contribution >= 0.6 is 22.6 Å². The number of halogens is 1. The number of nitrogens with zero attached hydrogens (tertiary/aromatic N) is 1.